The van der Waals surface area contributed by atoms with Gasteiger partial charge in [-0.25, -0.2) is 9.67 Å². The summed E-state index contributed by atoms with van der Waals surface area (Å²) in [4.78, 5) is 4.35. The highest BCUT2D eigenvalue weighted by atomic mass is 15.3. The van der Waals surface area contributed by atoms with Crippen molar-refractivity contribution in [1.82, 2.24) is 20.2 Å². The maximum absolute atomic E-state index is 5.69. The lowest BCUT2D eigenvalue weighted by Gasteiger charge is -2.17. The lowest BCUT2D eigenvalue weighted by molar-refractivity contribution is 0.436. The summed E-state index contributed by atoms with van der Waals surface area (Å²) in [5, 5.41) is 4.27. The summed E-state index contributed by atoms with van der Waals surface area (Å²) < 4.78 is 1.96. The SMILES string of the molecule is CC(C)n1ncnc1CC(CCCc1ccccc1)NN. The highest BCUT2D eigenvalue weighted by Crippen LogP contribution is 2.11. The third-order valence-corrected chi connectivity index (χ3v) is 3.66. The molecule has 0 aliphatic rings. The van der Waals surface area contributed by atoms with Gasteiger partial charge in [-0.15, -0.1) is 0 Å². The Morgan fingerprint density at radius 1 is 1.24 bits per heavy atom. The largest absolute Gasteiger partial charge is 0.271 e. The summed E-state index contributed by atoms with van der Waals surface area (Å²) in [5.41, 5.74) is 4.29. The fourth-order valence-electron chi connectivity index (χ4n) is 2.51. The summed E-state index contributed by atoms with van der Waals surface area (Å²) in [6.45, 7) is 4.22. The number of aromatic nitrogens is 3. The second-order valence-electron chi connectivity index (χ2n) is 5.66. The number of nitrogens with one attached hydrogen (secondary N) is 1. The van der Waals surface area contributed by atoms with Gasteiger partial charge >= 0.3 is 0 Å². The Balaban J connectivity index is 1.84. The lowest BCUT2D eigenvalue weighted by Crippen LogP contribution is -2.37. The van der Waals surface area contributed by atoms with Crippen molar-refractivity contribution in [3.8, 4) is 0 Å². The van der Waals surface area contributed by atoms with Crippen LogP contribution in [0.15, 0.2) is 36.7 Å². The number of nitrogens with two attached hydrogens (primary N) is 1. The second kappa shape index (κ2) is 7.90. The highest BCUT2D eigenvalue weighted by Gasteiger charge is 2.14. The molecular weight excluding hydrogens is 262 g/mol. The average molecular weight is 287 g/mol. The van der Waals surface area contributed by atoms with Gasteiger partial charge in [0.1, 0.15) is 12.2 Å². The zero-order chi connectivity index (χ0) is 15.1. The maximum atomic E-state index is 5.69. The van der Waals surface area contributed by atoms with Crippen LogP contribution in [0, 0.1) is 0 Å². The van der Waals surface area contributed by atoms with Gasteiger partial charge in [-0.1, -0.05) is 30.3 Å². The van der Waals surface area contributed by atoms with E-state index in [1.165, 1.54) is 5.56 Å². The molecular formula is C16H25N5. The van der Waals surface area contributed by atoms with Gasteiger partial charge in [0.2, 0.25) is 0 Å². The van der Waals surface area contributed by atoms with E-state index in [0.717, 1.165) is 31.5 Å². The summed E-state index contributed by atoms with van der Waals surface area (Å²) >= 11 is 0. The van der Waals surface area contributed by atoms with Crippen molar-refractivity contribution in [2.45, 2.75) is 51.6 Å². The number of rotatable bonds is 8. The van der Waals surface area contributed by atoms with Crippen molar-refractivity contribution in [3.05, 3.63) is 48.0 Å². The van der Waals surface area contributed by atoms with Crippen LogP contribution < -0.4 is 11.3 Å². The van der Waals surface area contributed by atoms with Gasteiger partial charge in [0.05, 0.1) is 0 Å². The predicted molar refractivity (Wildman–Crippen MR) is 84.6 cm³/mol. The number of hydrogen-bond donors (Lipinski definition) is 2. The number of benzene rings is 1. The van der Waals surface area contributed by atoms with Gasteiger partial charge in [0.25, 0.3) is 0 Å². The number of hydrazine groups is 1. The van der Waals surface area contributed by atoms with E-state index in [2.05, 4.69) is 53.6 Å². The molecule has 114 valence electrons. The second-order valence-corrected chi connectivity index (χ2v) is 5.66. The van der Waals surface area contributed by atoms with Crippen LogP contribution in [-0.4, -0.2) is 20.8 Å². The normalized spacial score (nSPS) is 12.8. The minimum Gasteiger partial charge on any atom is -0.271 e. The Labute approximate surface area is 126 Å². The molecule has 0 spiro atoms. The molecule has 1 aromatic heterocycles. The van der Waals surface area contributed by atoms with Gasteiger partial charge in [-0.05, 0) is 38.7 Å². The molecule has 1 aromatic carbocycles. The molecule has 1 heterocycles. The van der Waals surface area contributed by atoms with E-state index < -0.39 is 0 Å². The minimum absolute atomic E-state index is 0.232. The van der Waals surface area contributed by atoms with Crippen LogP contribution in [0.3, 0.4) is 0 Å². The van der Waals surface area contributed by atoms with E-state index in [-0.39, 0.29) is 6.04 Å². The van der Waals surface area contributed by atoms with Crippen LogP contribution >= 0.6 is 0 Å². The molecule has 0 aliphatic heterocycles. The van der Waals surface area contributed by atoms with Gasteiger partial charge in [0, 0.05) is 18.5 Å². The molecule has 1 atom stereocenters. The lowest BCUT2D eigenvalue weighted by atomic mass is 10.0. The Morgan fingerprint density at radius 3 is 2.67 bits per heavy atom. The summed E-state index contributed by atoms with van der Waals surface area (Å²) in [6.07, 6.45) is 5.64. The predicted octanol–water partition coefficient (Wildman–Crippen LogP) is 2.26. The highest BCUT2D eigenvalue weighted by molar-refractivity contribution is 5.14. The first-order valence-corrected chi connectivity index (χ1v) is 7.59. The first-order chi connectivity index (χ1) is 10.2. The summed E-state index contributed by atoms with van der Waals surface area (Å²) in [6, 6.07) is 11.1. The standard InChI is InChI=1S/C16H25N5/c1-13(2)21-16(18-12-19-21)11-15(20-17)10-6-9-14-7-4-3-5-8-14/h3-5,7-8,12-13,15,20H,6,9-11,17H2,1-2H3. The van der Waals surface area contributed by atoms with Crippen LogP contribution in [0.2, 0.25) is 0 Å². The van der Waals surface area contributed by atoms with Crippen molar-refractivity contribution in [3.63, 3.8) is 0 Å². The monoisotopic (exact) mass is 287 g/mol. The van der Waals surface area contributed by atoms with Gasteiger partial charge in [-0.3, -0.25) is 11.3 Å². The smallest absolute Gasteiger partial charge is 0.138 e. The van der Waals surface area contributed by atoms with Gasteiger partial charge < -0.3 is 0 Å². The molecule has 0 aliphatic carbocycles. The minimum atomic E-state index is 0.232. The van der Waals surface area contributed by atoms with E-state index >= 15 is 0 Å². The summed E-state index contributed by atoms with van der Waals surface area (Å²) in [7, 11) is 0. The topological polar surface area (TPSA) is 68.8 Å². The third kappa shape index (κ3) is 4.65. The summed E-state index contributed by atoms with van der Waals surface area (Å²) in [5.74, 6) is 6.68. The Morgan fingerprint density at radius 2 is 2.00 bits per heavy atom. The molecule has 0 saturated carbocycles. The van der Waals surface area contributed by atoms with Gasteiger partial charge in [-0.2, -0.15) is 5.10 Å². The van der Waals surface area contributed by atoms with Crippen molar-refractivity contribution in [1.29, 1.82) is 0 Å². The quantitative estimate of drug-likeness (QED) is 0.577. The molecule has 0 bridgehead atoms. The molecule has 3 N–H and O–H groups in total. The maximum Gasteiger partial charge on any atom is 0.138 e. The Hall–Kier alpha value is -1.72. The van der Waals surface area contributed by atoms with Crippen LogP contribution in [0.4, 0.5) is 0 Å². The number of aryl methyl sites for hydroxylation is 1. The fourth-order valence-corrected chi connectivity index (χ4v) is 2.51. The third-order valence-electron chi connectivity index (χ3n) is 3.66. The van der Waals surface area contributed by atoms with Crippen LogP contribution in [0.1, 0.15) is 44.1 Å². The number of hydrogen-bond acceptors (Lipinski definition) is 4. The number of nitrogens with zero attached hydrogens (tertiary/aromatic N) is 3. The molecule has 0 fully saturated rings. The average Bonchev–Trinajstić information content (AvgIpc) is 2.95. The molecule has 0 saturated heterocycles. The zero-order valence-electron chi connectivity index (χ0n) is 12.9. The molecule has 21 heavy (non-hydrogen) atoms. The van der Waals surface area contributed by atoms with E-state index in [0.29, 0.717) is 6.04 Å². The molecule has 5 heteroatoms. The first kappa shape index (κ1) is 15.7. The fraction of sp³-hybridized carbons (Fsp3) is 0.500. The molecule has 2 aromatic rings. The van der Waals surface area contributed by atoms with E-state index in [9.17, 15) is 0 Å². The molecule has 0 radical (unpaired) electrons. The van der Waals surface area contributed by atoms with Crippen molar-refractivity contribution < 1.29 is 0 Å². The van der Waals surface area contributed by atoms with Crippen LogP contribution in [-0.2, 0) is 12.8 Å². The van der Waals surface area contributed by atoms with Crippen molar-refractivity contribution in [2.24, 2.45) is 5.84 Å². The first-order valence-electron chi connectivity index (χ1n) is 7.59. The molecule has 1 unspecified atom stereocenters. The van der Waals surface area contributed by atoms with Crippen molar-refractivity contribution in [2.75, 3.05) is 0 Å². The Kier molecular flexibility index (Phi) is 5.90. The molecule has 5 nitrogen and oxygen atoms in total. The Bertz CT molecular complexity index is 520. The van der Waals surface area contributed by atoms with Gasteiger partial charge in [0.15, 0.2) is 0 Å². The van der Waals surface area contributed by atoms with Crippen LogP contribution in [0.5, 0.6) is 0 Å². The van der Waals surface area contributed by atoms with Crippen molar-refractivity contribution >= 4 is 0 Å². The van der Waals surface area contributed by atoms with E-state index in [1.54, 1.807) is 6.33 Å². The molecule has 2 rings (SSSR count). The van der Waals surface area contributed by atoms with E-state index in [1.807, 2.05) is 10.7 Å². The van der Waals surface area contributed by atoms with Crippen LogP contribution in [0.25, 0.3) is 0 Å². The van der Waals surface area contributed by atoms with E-state index in [4.69, 9.17) is 5.84 Å². The zero-order valence-corrected chi connectivity index (χ0v) is 12.9. The molecule has 0 amide bonds.